The SMILES string of the molecule is Cc1cc(C(=O)C(=O)c2cccc(C(F)(F)F)c2)ccc1OC(F)F.Cc1cc(C2(c3cccc(C(F)(F)F)c3)N=C(N)N(C)C2=O)ccc1OC(F)F. The number of rotatable bonds is 9. The molecule has 54 heavy (non-hydrogen) atoms. The second kappa shape index (κ2) is 15.6. The smallest absolute Gasteiger partial charge is 0.416 e. The van der Waals surface area contributed by atoms with E-state index in [-0.39, 0.29) is 45.3 Å². The first-order valence-electron chi connectivity index (χ1n) is 15.2. The monoisotopic (exact) mass is 771 g/mol. The van der Waals surface area contributed by atoms with Gasteiger partial charge >= 0.3 is 25.6 Å². The van der Waals surface area contributed by atoms with Gasteiger partial charge in [0.2, 0.25) is 11.6 Å². The molecule has 0 saturated heterocycles. The Hall–Kier alpha value is -5.94. The molecule has 18 heteroatoms. The Morgan fingerprint density at radius 3 is 1.61 bits per heavy atom. The van der Waals surface area contributed by atoms with Crippen molar-refractivity contribution in [3.05, 3.63) is 129 Å². The average Bonchev–Trinajstić information content (AvgIpc) is 3.33. The lowest BCUT2D eigenvalue weighted by molar-refractivity contribution is -0.138. The molecule has 0 radical (unpaired) electrons. The number of amides is 1. The molecule has 1 aliphatic rings. The highest BCUT2D eigenvalue weighted by Crippen LogP contribution is 2.42. The maximum Gasteiger partial charge on any atom is 0.416 e. The van der Waals surface area contributed by atoms with Crippen molar-refractivity contribution in [2.45, 2.75) is 45.0 Å². The number of aliphatic imine (C=N–C) groups is 1. The summed E-state index contributed by atoms with van der Waals surface area (Å²) in [7, 11) is 1.34. The summed E-state index contributed by atoms with van der Waals surface area (Å²) < 4.78 is 136. The van der Waals surface area contributed by atoms with Gasteiger partial charge in [0.15, 0.2) is 11.5 Å². The third-order valence-corrected chi connectivity index (χ3v) is 7.97. The predicted molar refractivity (Wildman–Crippen MR) is 172 cm³/mol. The van der Waals surface area contributed by atoms with Crippen molar-refractivity contribution in [3.8, 4) is 11.5 Å². The van der Waals surface area contributed by atoms with E-state index in [1.807, 2.05) is 0 Å². The topological polar surface area (TPSA) is 111 Å². The number of halogens is 10. The number of nitrogens with zero attached hydrogens (tertiary/aromatic N) is 2. The molecule has 0 aromatic heterocycles. The van der Waals surface area contributed by atoms with Gasteiger partial charge < -0.3 is 15.2 Å². The van der Waals surface area contributed by atoms with E-state index in [4.69, 9.17) is 5.73 Å². The van der Waals surface area contributed by atoms with E-state index in [1.165, 1.54) is 51.2 Å². The second-order valence-corrected chi connectivity index (χ2v) is 11.6. The zero-order chi connectivity index (χ0) is 40.3. The fourth-order valence-corrected chi connectivity index (χ4v) is 5.33. The van der Waals surface area contributed by atoms with Crippen LogP contribution in [0.5, 0.6) is 11.5 Å². The molecular weight excluding hydrogens is 744 g/mol. The number of Topliss-reactive ketones (excluding diaryl/α,β-unsaturated/α-hetero) is 2. The van der Waals surface area contributed by atoms with Crippen LogP contribution in [0.4, 0.5) is 43.9 Å². The molecule has 1 atom stereocenters. The Bertz CT molecular complexity index is 2100. The Balaban J connectivity index is 0.000000244. The van der Waals surface area contributed by atoms with E-state index in [0.29, 0.717) is 6.07 Å². The Morgan fingerprint density at radius 2 is 1.15 bits per heavy atom. The summed E-state index contributed by atoms with van der Waals surface area (Å²) in [6.07, 6.45) is -9.28. The number of hydrogen-bond donors (Lipinski definition) is 1. The highest BCUT2D eigenvalue weighted by Gasteiger charge is 2.50. The Kier molecular flexibility index (Phi) is 11.8. The van der Waals surface area contributed by atoms with E-state index in [0.717, 1.165) is 53.4 Å². The molecule has 0 saturated carbocycles. The van der Waals surface area contributed by atoms with E-state index < -0.39 is 65.3 Å². The maximum atomic E-state index is 13.2. The number of ketones is 2. The van der Waals surface area contributed by atoms with Crippen molar-refractivity contribution >= 4 is 23.4 Å². The van der Waals surface area contributed by atoms with Gasteiger partial charge in [0.1, 0.15) is 11.5 Å². The van der Waals surface area contributed by atoms with Crippen LogP contribution in [0, 0.1) is 13.8 Å². The maximum absolute atomic E-state index is 13.2. The highest BCUT2D eigenvalue weighted by atomic mass is 19.4. The first-order valence-corrected chi connectivity index (χ1v) is 15.2. The van der Waals surface area contributed by atoms with Gasteiger partial charge in [0.05, 0.1) is 11.1 Å². The van der Waals surface area contributed by atoms with Gasteiger partial charge in [0, 0.05) is 18.2 Å². The van der Waals surface area contributed by atoms with Crippen molar-refractivity contribution in [2.24, 2.45) is 10.7 Å². The number of nitrogens with two attached hydrogens (primary N) is 1. The molecule has 1 heterocycles. The average molecular weight is 772 g/mol. The van der Waals surface area contributed by atoms with Crippen molar-refractivity contribution in [2.75, 3.05) is 7.05 Å². The fourth-order valence-electron chi connectivity index (χ4n) is 5.33. The summed E-state index contributed by atoms with van der Waals surface area (Å²) in [5.41, 5.74) is 1.91. The highest BCUT2D eigenvalue weighted by molar-refractivity contribution is 6.49. The number of guanidine groups is 1. The summed E-state index contributed by atoms with van der Waals surface area (Å²) in [5, 5.41) is 0. The predicted octanol–water partition coefficient (Wildman–Crippen LogP) is 8.33. The Morgan fingerprint density at radius 1 is 0.685 bits per heavy atom. The quantitative estimate of drug-likeness (QED) is 0.104. The number of alkyl halides is 10. The van der Waals surface area contributed by atoms with Crippen LogP contribution in [0.3, 0.4) is 0 Å². The number of ether oxygens (including phenoxy) is 2. The van der Waals surface area contributed by atoms with Gasteiger partial charge in [-0.1, -0.05) is 30.3 Å². The van der Waals surface area contributed by atoms with Crippen LogP contribution in [-0.2, 0) is 22.7 Å². The van der Waals surface area contributed by atoms with Crippen LogP contribution in [0.2, 0.25) is 0 Å². The van der Waals surface area contributed by atoms with Gasteiger partial charge in [0.25, 0.3) is 5.91 Å². The van der Waals surface area contributed by atoms with Crippen LogP contribution in [0.25, 0.3) is 0 Å². The normalized spacial score (nSPS) is 15.9. The number of carbonyl (C=O) groups is 3. The van der Waals surface area contributed by atoms with Crippen molar-refractivity contribution < 1.29 is 67.8 Å². The zero-order valence-corrected chi connectivity index (χ0v) is 28.0. The van der Waals surface area contributed by atoms with E-state index in [1.54, 1.807) is 0 Å². The van der Waals surface area contributed by atoms with Crippen LogP contribution >= 0.6 is 0 Å². The molecule has 4 aromatic carbocycles. The number of benzene rings is 4. The number of likely N-dealkylation sites (N-methyl/N-ethyl adjacent to an activating group) is 1. The molecule has 286 valence electrons. The minimum absolute atomic E-state index is 0.0495. The largest absolute Gasteiger partial charge is 0.435 e. The molecule has 8 nitrogen and oxygen atoms in total. The molecule has 0 aliphatic carbocycles. The minimum Gasteiger partial charge on any atom is -0.435 e. The lowest BCUT2D eigenvalue weighted by atomic mass is 9.81. The van der Waals surface area contributed by atoms with Crippen LogP contribution < -0.4 is 15.2 Å². The van der Waals surface area contributed by atoms with Crippen molar-refractivity contribution in [1.29, 1.82) is 0 Å². The third kappa shape index (κ3) is 8.80. The van der Waals surface area contributed by atoms with E-state index in [9.17, 15) is 58.3 Å². The molecule has 1 aliphatic heterocycles. The summed E-state index contributed by atoms with van der Waals surface area (Å²) in [5.74, 6) is -3.33. The van der Waals surface area contributed by atoms with E-state index in [2.05, 4.69) is 14.5 Å². The molecule has 1 amide bonds. The van der Waals surface area contributed by atoms with Gasteiger partial charge in [-0.2, -0.15) is 43.9 Å². The van der Waals surface area contributed by atoms with Crippen molar-refractivity contribution in [1.82, 2.24) is 4.90 Å². The molecule has 5 rings (SSSR count). The fraction of sp³-hybridized carbons (Fsp3) is 0.222. The summed E-state index contributed by atoms with van der Waals surface area (Å²) in [6.45, 7) is -3.24. The van der Waals surface area contributed by atoms with Crippen LogP contribution in [0.1, 0.15) is 54.1 Å². The Labute approximate surface area is 299 Å². The first kappa shape index (κ1) is 40.8. The van der Waals surface area contributed by atoms with Crippen LogP contribution in [-0.4, -0.2) is 48.6 Å². The summed E-state index contributed by atoms with van der Waals surface area (Å²) in [6, 6.07) is 14.9. The molecule has 2 N–H and O–H groups in total. The number of hydrogen-bond acceptors (Lipinski definition) is 7. The van der Waals surface area contributed by atoms with Gasteiger partial charge in [-0.05, 0) is 90.7 Å². The molecular formula is C36H27F10N3O5. The molecule has 0 spiro atoms. The minimum atomic E-state index is -4.65. The molecule has 4 aromatic rings. The second-order valence-electron chi connectivity index (χ2n) is 11.6. The first-order chi connectivity index (χ1) is 25.1. The third-order valence-electron chi connectivity index (χ3n) is 7.97. The molecule has 0 bridgehead atoms. The van der Waals surface area contributed by atoms with Gasteiger partial charge in [-0.3, -0.25) is 19.3 Å². The summed E-state index contributed by atoms with van der Waals surface area (Å²) >= 11 is 0. The number of carbonyl (C=O) groups excluding carboxylic acids is 3. The van der Waals surface area contributed by atoms with Gasteiger partial charge in [-0.15, -0.1) is 0 Å². The zero-order valence-electron chi connectivity index (χ0n) is 28.0. The molecule has 1 unspecified atom stereocenters. The molecule has 0 fully saturated rings. The number of aryl methyl sites for hydroxylation is 2. The van der Waals surface area contributed by atoms with E-state index >= 15 is 0 Å². The van der Waals surface area contributed by atoms with Gasteiger partial charge in [-0.25, -0.2) is 4.99 Å². The lowest BCUT2D eigenvalue weighted by Gasteiger charge is -2.27. The standard InChI is InChI=1S/C19H16F5N3O2.C17H11F5O3/c1-10-8-12(6-7-14(10)29-16(20)21)18(15(28)27(2)17(25)26-18)11-4-3-5-13(9-11)19(22,23)24;1-9-7-11(5-6-13(9)25-16(18)19)15(24)14(23)10-3-2-4-12(8-10)17(20,21)22/h3-9,16H,1-2H3,(H2,25,26);2-8,16H,1H3. The van der Waals surface area contributed by atoms with Crippen molar-refractivity contribution in [3.63, 3.8) is 0 Å². The summed E-state index contributed by atoms with van der Waals surface area (Å²) in [4.78, 5) is 42.6. The van der Waals surface area contributed by atoms with Crippen LogP contribution in [0.15, 0.2) is 89.9 Å². The lowest BCUT2D eigenvalue weighted by Crippen LogP contribution is -2.41.